The zero-order chi connectivity index (χ0) is 12.1. The molecular weight excluding hydrogens is 239 g/mol. The summed E-state index contributed by atoms with van der Waals surface area (Å²) in [5.41, 5.74) is 4.61. The van der Waals surface area contributed by atoms with E-state index in [4.69, 9.17) is 0 Å². The monoisotopic (exact) mass is 247 g/mol. The number of alkyl halides is 2. The van der Waals surface area contributed by atoms with Gasteiger partial charge >= 0.3 is 0 Å². The SMILES string of the molecule is NC(=O)/C(F)=C(/Sc1ccccc1)C(F)F. The molecule has 1 rings (SSSR count). The smallest absolute Gasteiger partial charge is 0.278 e. The van der Waals surface area contributed by atoms with Crippen LogP contribution in [-0.2, 0) is 4.79 Å². The van der Waals surface area contributed by atoms with Gasteiger partial charge in [0, 0.05) is 4.90 Å². The van der Waals surface area contributed by atoms with Gasteiger partial charge in [-0.15, -0.1) is 0 Å². The Labute approximate surface area is 94.3 Å². The van der Waals surface area contributed by atoms with Crippen LogP contribution >= 0.6 is 11.8 Å². The highest BCUT2D eigenvalue weighted by Crippen LogP contribution is 2.33. The van der Waals surface area contributed by atoms with Gasteiger partial charge in [0.15, 0.2) is 0 Å². The number of carbonyl (C=O) groups excluding carboxylic acids is 1. The fraction of sp³-hybridized carbons (Fsp3) is 0.100. The van der Waals surface area contributed by atoms with E-state index in [0.717, 1.165) is 0 Å². The second-order valence-electron chi connectivity index (χ2n) is 2.76. The summed E-state index contributed by atoms with van der Waals surface area (Å²) < 4.78 is 38.0. The highest BCUT2D eigenvalue weighted by Gasteiger charge is 2.22. The van der Waals surface area contributed by atoms with Crippen molar-refractivity contribution in [3.8, 4) is 0 Å². The molecule has 2 nitrogen and oxygen atoms in total. The number of amides is 1. The maximum Gasteiger partial charge on any atom is 0.278 e. The Kier molecular flexibility index (Phi) is 4.42. The van der Waals surface area contributed by atoms with Crippen molar-refractivity contribution in [1.82, 2.24) is 0 Å². The fourth-order valence-electron chi connectivity index (χ4n) is 0.922. The number of benzene rings is 1. The summed E-state index contributed by atoms with van der Waals surface area (Å²) in [5.74, 6) is -3.08. The minimum Gasteiger partial charge on any atom is -0.364 e. The Morgan fingerprint density at radius 1 is 1.25 bits per heavy atom. The highest BCUT2D eigenvalue weighted by atomic mass is 32.2. The quantitative estimate of drug-likeness (QED) is 0.656. The first-order valence-corrected chi connectivity index (χ1v) is 5.04. The van der Waals surface area contributed by atoms with Gasteiger partial charge in [0.05, 0.1) is 4.91 Å². The molecule has 0 aliphatic rings. The van der Waals surface area contributed by atoms with Crippen molar-refractivity contribution in [2.24, 2.45) is 5.73 Å². The van der Waals surface area contributed by atoms with Gasteiger partial charge in [-0.05, 0) is 12.1 Å². The predicted molar refractivity (Wildman–Crippen MR) is 55.6 cm³/mol. The van der Waals surface area contributed by atoms with Crippen LogP contribution < -0.4 is 5.73 Å². The van der Waals surface area contributed by atoms with Gasteiger partial charge in [-0.1, -0.05) is 30.0 Å². The van der Waals surface area contributed by atoms with Crippen LogP contribution in [0.25, 0.3) is 0 Å². The number of carbonyl (C=O) groups is 1. The molecule has 0 aliphatic heterocycles. The van der Waals surface area contributed by atoms with E-state index in [9.17, 15) is 18.0 Å². The molecule has 0 aliphatic carbocycles. The molecule has 0 unspecified atom stereocenters. The van der Waals surface area contributed by atoms with Gasteiger partial charge in [0.25, 0.3) is 12.3 Å². The van der Waals surface area contributed by atoms with Crippen LogP contribution in [0.2, 0.25) is 0 Å². The number of hydrogen-bond acceptors (Lipinski definition) is 2. The van der Waals surface area contributed by atoms with Crippen molar-refractivity contribution in [2.75, 3.05) is 0 Å². The molecule has 1 aromatic carbocycles. The summed E-state index contributed by atoms with van der Waals surface area (Å²) in [7, 11) is 0. The normalized spacial score (nSPS) is 12.5. The minimum atomic E-state index is -3.07. The Bertz CT molecular complexity index is 406. The van der Waals surface area contributed by atoms with Gasteiger partial charge in [-0.3, -0.25) is 4.79 Å². The van der Waals surface area contributed by atoms with E-state index in [0.29, 0.717) is 16.7 Å². The third-order valence-corrected chi connectivity index (χ3v) is 2.69. The fourth-order valence-corrected chi connectivity index (χ4v) is 1.75. The number of nitrogens with two attached hydrogens (primary N) is 1. The number of allylic oxidation sites excluding steroid dienone is 1. The first-order valence-electron chi connectivity index (χ1n) is 4.23. The molecule has 0 aromatic heterocycles. The Morgan fingerprint density at radius 3 is 2.25 bits per heavy atom. The molecule has 1 aromatic rings. The van der Waals surface area contributed by atoms with Crippen molar-refractivity contribution >= 4 is 17.7 Å². The zero-order valence-corrected chi connectivity index (χ0v) is 8.81. The van der Waals surface area contributed by atoms with Crippen LogP contribution in [0.3, 0.4) is 0 Å². The van der Waals surface area contributed by atoms with Crippen LogP contribution in [0.5, 0.6) is 0 Å². The molecule has 0 bridgehead atoms. The van der Waals surface area contributed by atoms with Crippen molar-refractivity contribution < 1.29 is 18.0 Å². The van der Waals surface area contributed by atoms with Crippen LogP contribution in [-0.4, -0.2) is 12.3 Å². The molecular formula is C10H8F3NOS. The predicted octanol–water partition coefficient (Wildman–Crippen LogP) is 2.71. The van der Waals surface area contributed by atoms with E-state index in [2.05, 4.69) is 5.73 Å². The van der Waals surface area contributed by atoms with Crippen molar-refractivity contribution in [1.29, 1.82) is 0 Å². The molecule has 0 saturated heterocycles. The summed E-state index contributed by atoms with van der Waals surface area (Å²) in [6.07, 6.45) is -3.07. The van der Waals surface area contributed by atoms with Crippen LogP contribution in [0.4, 0.5) is 13.2 Å². The summed E-state index contributed by atoms with van der Waals surface area (Å²) in [4.78, 5) is 9.93. The lowest BCUT2D eigenvalue weighted by atomic mass is 10.4. The van der Waals surface area contributed by atoms with Gasteiger partial charge in [-0.25, -0.2) is 8.78 Å². The number of hydrogen-bond donors (Lipinski definition) is 1. The molecule has 0 heterocycles. The Morgan fingerprint density at radius 2 is 1.81 bits per heavy atom. The third kappa shape index (κ3) is 3.30. The summed E-state index contributed by atoms with van der Waals surface area (Å²) in [6, 6.07) is 7.99. The lowest BCUT2D eigenvalue weighted by Crippen LogP contribution is -2.14. The van der Waals surface area contributed by atoms with E-state index in [1.54, 1.807) is 18.2 Å². The Balaban J connectivity index is 2.98. The molecule has 2 N–H and O–H groups in total. The average Bonchev–Trinajstić information content (AvgIpc) is 2.26. The summed E-state index contributed by atoms with van der Waals surface area (Å²) in [5, 5.41) is 0. The molecule has 0 radical (unpaired) electrons. The topological polar surface area (TPSA) is 43.1 Å². The molecule has 0 fully saturated rings. The zero-order valence-electron chi connectivity index (χ0n) is 7.99. The van der Waals surface area contributed by atoms with Gasteiger partial charge < -0.3 is 5.73 Å². The largest absolute Gasteiger partial charge is 0.364 e. The standard InChI is InChI=1S/C10H8F3NOS/c11-7(10(14)15)8(9(12)13)16-6-4-2-1-3-5-6/h1-5,9H,(H2,14,15)/b8-7-. The molecule has 0 atom stereocenters. The maximum absolute atomic E-state index is 13.0. The maximum atomic E-state index is 13.0. The number of rotatable bonds is 4. The first kappa shape index (κ1) is 12.6. The Hall–Kier alpha value is -1.43. The second-order valence-corrected chi connectivity index (χ2v) is 3.87. The molecule has 6 heteroatoms. The highest BCUT2D eigenvalue weighted by molar-refractivity contribution is 8.03. The first-order chi connectivity index (χ1) is 7.52. The lowest BCUT2D eigenvalue weighted by Gasteiger charge is -2.06. The number of halogens is 3. The second kappa shape index (κ2) is 5.60. The van der Waals surface area contributed by atoms with Crippen LogP contribution in [0.1, 0.15) is 0 Å². The van der Waals surface area contributed by atoms with Crippen molar-refractivity contribution in [2.45, 2.75) is 11.3 Å². The molecule has 86 valence electrons. The number of primary amides is 1. The van der Waals surface area contributed by atoms with Gasteiger partial charge in [0.2, 0.25) is 5.83 Å². The van der Waals surface area contributed by atoms with E-state index in [1.807, 2.05) is 0 Å². The van der Waals surface area contributed by atoms with Crippen LogP contribution in [0, 0.1) is 0 Å². The van der Waals surface area contributed by atoms with Gasteiger partial charge in [-0.2, -0.15) is 4.39 Å². The average molecular weight is 247 g/mol. The lowest BCUT2D eigenvalue weighted by molar-refractivity contribution is -0.116. The van der Waals surface area contributed by atoms with E-state index < -0.39 is 23.1 Å². The van der Waals surface area contributed by atoms with E-state index >= 15 is 0 Å². The molecule has 0 spiro atoms. The molecule has 1 amide bonds. The number of thioether (sulfide) groups is 1. The van der Waals surface area contributed by atoms with E-state index in [1.165, 1.54) is 12.1 Å². The van der Waals surface area contributed by atoms with E-state index in [-0.39, 0.29) is 0 Å². The van der Waals surface area contributed by atoms with Crippen molar-refractivity contribution in [3.05, 3.63) is 41.1 Å². The summed E-state index contributed by atoms with van der Waals surface area (Å²) in [6.45, 7) is 0. The summed E-state index contributed by atoms with van der Waals surface area (Å²) >= 11 is 0.487. The van der Waals surface area contributed by atoms with Gasteiger partial charge in [0.1, 0.15) is 0 Å². The van der Waals surface area contributed by atoms with Crippen LogP contribution in [0.15, 0.2) is 46.0 Å². The molecule has 16 heavy (non-hydrogen) atoms. The third-order valence-electron chi connectivity index (χ3n) is 1.60. The molecule has 0 saturated carbocycles. The minimum absolute atomic E-state index is 0.411. The van der Waals surface area contributed by atoms with Crippen molar-refractivity contribution in [3.63, 3.8) is 0 Å².